The van der Waals surface area contributed by atoms with Gasteiger partial charge in [-0.3, -0.25) is 14.7 Å². The summed E-state index contributed by atoms with van der Waals surface area (Å²) in [6.45, 7) is 9.21. The van der Waals surface area contributed by atoms with Crippen LogP contribution in [0.3, 0.4) is 0 Å². The van der Waals surface area contributed by atoms with Gasteiger partial charge in [0, 0.05) is 37.2 Å². The van der Waals surface area contributed by atoms with Crippen molar-refractivity contribution in [1.29, 1.82) is 0 Å². The number of piperidine rings is 1. The van der Waals surface area contributed by atoms with Crippen LogP contribution in [0.4, 0.5) is 23.7 Å². The molecule has 1 N–H and O–H groups in total. The Morgan fingerprint density at radius 3 is 2.16 bits per heavy atom. The van der Waals surface area contributed by atoms with Crippen LogP contribution in [0.1, 0.15) is 76.0 Å². The first-order valence-corrected chi connectivity index (χ1v) is 16.1. The van der Waals surface area contributed by atoms with Gasteiger partial charge in [0.05, 0.1) is 5.92 Å². The van der Waals surface area contributed by atoms with E-state index in [-0.39, 0.29) is 50.6 Å². The van der Waals surface area contributed by atoms with Gasteiger partial charge in [-0.05, 0) is 108 Å². The predicted molar refractivity (Wildman–Crippen MR) is 159 cm³/mol. The topological polar surface area (TPSA) is 108 Å². The first-order valence-electron chi connectivity index (χ1n) is 14.6. The molecule has 0 radical (unpaired) electrons. The fourth-order valence-electron chi connectivity index (χ4n) is 5.96. The van der Waals surface area contributed by atoms with Crippen LogP contribution in [0, 0.1) is 25.7 Å². The van der Waals surface area contributed by atoms with E-state index in [2.05, 4.69) is 10.3 Å². The molecule has 1 aromatic rings. The maximum absolute atomic E-state index is 13.2. The van der Waals surface area contributed by atoms with E-state index in [1.54, 1.807) is 40.0 Å². The third kappa shape index (κ3) is 7.42. The fourth-order valence-corrected chi connectivity index (χ4v) is 7.13. The molecule has 1 spiro atoms. The standard InChI is InChI=1S/C30H41F3N4O5S/c1-19-17-23(36(6)27(39)42-28(3,4)5)18-20(2)24(19)11-16-43(40,41)37-14-12-29(13-15-37)26(38)34-25(35-29)21-7-9-22(10-8-21)30(31,32)33/h11,16-18,21-22H,7-10,12-15H2,1-6H3,(H,34,35,38). The van der Waals surface area contributed by atoms with Gasteiger partial charge in [0.2, 0.25) is 10.0 Å². The van der Waals surface area contributed by atoms with Crippen LogP contribution < -0.4 is 10.2 Å². The summed E-state index contributed by atoms with van der Waals surface area (Å²) in [5, 5.41) is 3.95. The van der Waals surface area contributed by atoms with Crippen LogP contribution in [0.2, 0.25) is 0 Å². The molecule has 2 amide bonds. The average Bonchev–Trinajstić information content (AvgIpc) is 3.21. The molecule has 1 aliphatic carbocycles. The van der Waals surface area contributed by atoms with E-state index in [0.29, 0.717) is 29.9 Å². The highest BCUT2D eigenvalue weighted by Gasteiger charge is 2.49. The number of amidine groups is 1. The van der Waals surface area contributed by atoms with Crippen molar-refractivity contribution in [2.75, 3.05) is 25.0 Å². The Kier molecular flexibility index (Phi) is 9.10. The minimum atomic E-state index is -4.21. The molecule has 0 unspecified atom stereocenters. The summed E-state index contributed by atoms with van der Waals surface area (Å²) >= 11 is 0. The second-order valence-corrected chi connectivity index (χ2v) is 14.7. The van der Waals surface area contributed by atoms with Crippen LogP contribution in [-0.4, -0.2) is 68.0 Å². The molecule has 0 bridgehead atoms. The van der Waals surface area contributed by atoms with Crippen molar-refractivity contribution >= 4 is 39.6 Å². The number of carbonyl (C=O) groups is 2. The molecule has 3 aliphatic rings. The van der Waals surface area contributed by atoms with E-state index in [4.69, 9.17) is 4.74 Å². The predicted octanol–water partition coefficient (Wildman–Crippen LogP) is 5.71. The molecule has 13 heteroatoms. The lowest BCUT2D eigenvalue weighted by atomic mass is 9.81. The van der Waals surface area contributed by atoms with Crippen LogP contribution in [-0.2, 0) is 19.6 Å². The summed E-state index contributed by atoms with van der Waals surface area (Å²) in [6, 6.07) is 3.58. The summed E-state index contributed by atoms with van der Waals surface area (Å²) in [5.74, 6) is -1.42. The van der Waals surface area contributed by atoms with Crippen LogP contribution in [0.15, 0.2) is 22.5 Å². The third-order valence-electron chi connectivity index (χ3n) is 8.52. The highest BCUT2D eigenvalue weighted by Crippen LogP contribution is 2.41. The van der Waals surface area contributed by atoms with Crippen LogP contribution >= 0.6 is 0 Å². The van der Waals surface area contributed by atoms with Gasteiger partial charge in [-0.2, -0.15) is 17.5 Å². The zero-order valence-electron chi connectivity index (χ0n) is 25.5. The second-order valence-electron chi connectivity index (χ2n) is 12.9. The van der Waals surface area contributed by atoms with Crippen molar-refractivity contribution in [3.8, 4) is 0 Å². The molecule has 1 saturated heterocycles. The Hall–Kier alpha value is -2.93. The van der Waals surface area contributed by atoms with E-state index in [1.165, 1.54) is 15.3 Å². The molecule has 1 saturated carbocycles. The number of halogens is 3. The number of sulfonamides is 1. The number of nitrogens with zero attached hydrogens (tertiary/aromatic N) is 3. The minimum Gasteiger partial charge on any atom is -0.443 e. The lowest BCUT2D eigenvalue weighted by Crippen LogP contribution is -2.50. The Morgan fingerprint density at radius 1 is 1.09 bits per heavy atom. The minimum absolute atomic E-state index is 0.0104. The lowest BCUT2D eigenvalue weighted by Gasteiger charge is -2.34. The molecule has 0 aromatic heterocycles. The fraction of sp³-hybridized carbons (Fsp3) is 0.633. The highest BCUT2D eigenvalue weighted by atomic mass is 32.2. The highest BCUT2D eigenvalue weighted by molar-refractivity contribution is 7.92. The van der Waals surface area contributed by atoms with Crippen LogP contribution in [0.25, 0.3) is 6.08 Å². The third-order valence-corrected chi connectivity index (χ3v) is 10.1. The van der Waals surface area contributed by atoms with Crippen molar-refractivity contribution in [3.63, 3.8) is 0 Å². The number of hydrogen-bond acceptors (Lipinski definition) is 6. The normalized spacial score (nSPS) is 23.4. The Morgan fingerprint density at radius 2 is 1.65 bits per heavy atom. The molecular weight excluding hydrogens is 585 g/mol. The van der Waals surface area contributed by atoms with Crippen molar-refractivity contribution in [1.82, 2.24) is 9.62 Å². The summed E-state index contributed by atoms with van der Waals surface area (Å²) in [4.78, 5) is 31.5. The molecule has 2 fully saturated rings. The number of hydrogen-bond donors (Lipinski definition) is 1. The first kappa shape index (κ1) is 33.0. The number of aryl methyl sites for hydroxylation is 2. The largest absolute Gasteiger partial charge is 0.443 e. The number of benzene rings is 1. The Bertz CT molecular complexity index is 1390. The molecule has 0 atom stereocenters. The maximum Gasteiger partial charge on any atom is 0.414 e. The van der Waals surface area contributed by atoms with Gasteiger partial charge in [0.25, 0.3) is 5.91 Å². The SMILES string of the molecule is Cc1cc(N(C)C(=O)OC(C)(C)C)cc(C)c1C=CS(=O)(=O)N1CCC2(CC1)N=C(C1CCC(C(F)(F)F)CC1)NC2=O. The lowest BCUT2D eigenvalue weighted by molar-refractivity contribution is -0.182. The summed E-state index contributed by atoms with van der Waals surface area (Å²) in [5.41, 5.74) is 1.16. The van der Waals surface area contributed by atoms with Crippen molar-refractivity contribution in [3.05, 3.63) is 34.2 Å². The maximum atomic E-state index is 13.2. The zero-order valence-corrected chi connectivity index (χ0v) is 26.4. The molecule has 4 rings (SSSR count). The number of nitrogens with one attached hydrogen (secondary N) is 1. The van der Waals surface area contributed by atoms with Gasteiger partial charge in [0.15, 0.2) is 0 Å². The number of carbonyl (C=O) groups excluding carboxylic acids is 2. The molecule has 2 aliphatic heterocycles. The van der Waals surface area contributed by atoms with E-state index in [9.17, 15) is 31.2 Å². The van der Waals surface area contributed by atoms with E-state index in [0.717, 1.165) is 16.5 Å². The molecule has 43 heavy (non-hydrogen) atoms. The number of alkyl halides is 3. The van der Waals surface area contributed by atoms with Gasteiger partial charge in [-0.25, -0.2) is 13.2 Å². The number of rotatable bonds is 5. The molecule has 9 nitrogen and oxygen atoms in total. The summed E-state index contributed by atoms with van der Waals surface area (Å²) < 4.78 is 72.4. The molecular formula is C30H41F3N4O5S. The van der Waals surface area contributed by atoms with Crippen molar-refractivity contribution < 1.29 is 35.9 Å². The van der Waals surface area contributed by atoms with E-state index in [1.807, 2.05) is 13.8 Å². The smallest absolute Gasteiger partial charge is 0.414 e. The number of anilines is 1. The Balaban J connectivity index is 1.40. The van der Waals surface area contributed by atoms with Gasteiger partial charge in [-0.15, -0.1) is 0 Å². The van der Waals surface area contributed by atoms with Crippen molar-refractivity contribution in [2.45, 2.75) is 90.5 Å². The Labute approximate surface area is 251 Å². The van der Waals surface area contributed by atoms with Crippen molar-refractivity contribution in [2.24, 2.45) is 16.8 Å². The molecule has 1 aromatic carbocycles. The zero-order chi connectivity index (χ0) is 32.0. The van der Waals surface area contributed by atoms with Gasteiger partial charge >= 0.3 is 12.3 Å². The van der Waals surface area contributed by atoms with Crippen LogP contribution in [0.5, 0.6) is 0 Å². The van der Waals surface area contributed by atoms with Gasteiger partial charge in [-0.1, -0.05) is 0 Å². The average molecular weight is 627 g/mol. The first-order chi connectivity index (χ1) is 19.8. The van der Waals surface area contributed by atoms with Gasteiger partial charge < -0.3 is 10.1 Å². The second kappa shape index (κ2) is 11.9. The number of amides is 2. The summed E-state index contributed by atoms with van der Waals surface area (Å²) in [6.07, 6.45) is -2.15. The monoisotopic (exact) mass is 626 g/mol. The molecule has 2 heterocycles. The number of aliphatic imine (C=N–C) groups is 1. The quantitative estimate of drug-likeness (QED) is 0.451. The van der Waals surface area contributed by atoms with E-state index >= 15 is 0 Å². The molecule has 238 valence electrons. The summed E-state index contributed by atoms with van der Waals surface area (Å²) in [7, 11) is -2.20. The number of ether oxygens (including phenoxy) is 1. The van der Waals surface area contributed by atoms with E-state index < -0.39 is 39.4 Å². The van der Waals surface area contributed by atoms with Gasteiger partial charge in [0.1, 0.15) is 17.0 Å².